The van der Waals surface area contributed by atoms with E-state index >= 15 is 0 Å². The smallest absolute Gasteiger partial charge is 0.234 e. The van der Waals surface area contributed by atoms with Crippen molar-refractivity contribution in [2.45, 2.75) is 29.4 Å². The largest absolute Gasteiger partial charge is 0.288 e. The van der Waals surface area contributed by atoms with Gasteiger partial charge in [-0.3, -0.25) is 4.40 Å². The normalized spacial score (nSPS) is 12.0. The van der Waals surface area contributed by atoms with E-state index in [1.165, 1.54) is 18.0 Å². The quantitative estimate of drug-likeness (QED) is 0.679. The van der Waals surface area contributed by atoms with E-state index in [2.05, 4.69) is 9.97 Å². The molecule has 0 aliphatic heterocycles. The van der Waals surface area contributed by atoms with Crippen molar-refractivity contribution >= 4 is 27.4 Å². The van der Waals surface area contributed by atoms with E-state index in [0.29, 0.717) is 16.4 Å². The molecule has 0 saturated carbocycles. The van der Waals surface area contributed by atoms with E-state index in [1.54, 1.807) is 12.1 Å². The fourth-order valence-electron chi connectivity index (χ4n) is 2.42. The highest BCUT2D eigenvalue weighted by Gasteiger charge is 2.14. The van der Waals surface area contributed by atoms with Gasteiger partial charge in [0.2, 0.25) is 5.78 Å². The molecule has 5 nitrogen and oxygen atoms in total. The zero-order valence-electron chi connectivity index (χ0n) is 13.1. The predicted octanol–water partition coefficient (Wildman–Crippen LogP) is 3.04. The Labute approximate surface area is 139 Å². The highest BCUT2D eigenvalue weighted by Crippen LogP contribution is 2.29. The Kier molecular flexibility index (Phi) is 4.16. The van der Waals surface area contributed by atoms with Gasteiger partial charge in [-0.25, -0.2) is 18.4 Å². The molecule has 1 aromatic carbocycles. The van der Waals surface area contributed by atoms with Crippen LogP contribution in [0.2, 0.25) is 0 Å². The van der Waals surface area contributed by atoms with Crippen LogP contribution in [0.15, 0.2) is 46.3 Å². The van der Waals surface area contributed by atoms with Crippen molar-refractivity contribution in [3.63, 3.8) is 0 Å². The van der Waals surface area contributed by atoms with Crippen LogP contribution in [0.1, 0.15) is 17.1 Å². The molecule has 0 bridgehead atoms. The Morgan fingerprint density at radius 2 is 1.91 bits per heavy atom. The van der Waals surface area contributed by atoms with Crippen molar-refractivity contribution in [1.29, 1.82) is 0 Å². The number of sulfone groups is 1. The summed E-state index contributed by atoms with van der Waals surface area (Å²) in [6.07, 6.45) is 3.18. The number of hydrogen-bond acceptors (Lipinski definition) is 5. The number of imidazole rings is 1. The molecule has 0 radical (unpaired) electrons. The Bertz CT molecular complexity index is 978. The van der Waals surface area contributed by atoms with Crippen LogP contribution in [0.3, 0.4) is 0 Å². The molecular weight excluding hydrogens is 330 g/mol. The molecule has 0 aliphatic carbocycles. The summed E-state index contributed by atoms with van der Waals surface area (Å²) < 4.78 is 25.6. The van der Waals surface area contributed by atoms with E-state index in [-0.39, 0.29) is 0 Å². The van der Waals surface area contributed by atoms with Gasteiger partial charge in [0.05, 0.1) is 10.6 Å². The molecule has 0 unspecified atom stereocenters. The molecule has 0 atom stereocenters. The van der Waals surface area contributed by atoms with E-state index < -0.39 is 9.84 Å². The summed E-state index contributed by atoms with van der Waals surface area (Å²) in [5.74, 6) is 1.27. The average Bonchev–Trinajstić information content (AvgIpc) is 2.87. The van der Waals surface area contributed by atoms with Gasteiger partial charge in [0.1, 0.15) is 0 Å². The highest BCUT2D eigenvalue weighted by atomic mass is 32.2. The number of thioether (sulfide) groups is 1. The summed E-state index contributed by atoms with van der Waals surface area (Å²) in [7, 11) is -3.23. The lowest BCUT2D eigenvalue weighted by Crippen LogP contribution is -1.99. The van der Waals surface area contributed by atoms with Gasteiger partial charge in [-0.1, -0.05) is 12.1 Å². The van der Waals surface area contributed by atoms with Gasteiger partial charge in [0.25, 0.3) is 0 Å². The first-order valence-electron chi connectivity index (χ1n) is 7.09. The third kappa shape index (κ3) is 3.40. The molecular formula is C16H17N3O2S2. The van der Waals surface area contributed by atoms with Gasteiger partial charge in [0.15, 0.2) is 9.84 Å². The first-order chi connectivity index (χ1) is 10.8. The van der Waals surface area contributed by atoms with Crippen LogP contribution >= 0.6 is 11.8 Å². The molecule has 0 amide bonds. The summed E-state index contributed by atoms with van der Waals surface area (Å²) in [6, 6.07) is 9.04. The summed E-state index contributed by atoms with van der Waals surface area (Å²) in [6.45, 7) is 3.96. The topological polar surface area (TPSA) is 64.3 Å². The van der Waals surface area contributed by atoms with E-state index in [9.17, 15) is 8.42 Å². The maximum Gasteiger partial charge on any atom is 0.234 e. The first kappa shape index (κ1) is 16.0. The molecule has 23 heavy (non-hydrogen) atoms. The first-order valence-corrected chi connectivity index (χ1v) is 9.96. The minimum atomic E-state index is -3.23. The van der Waals surface area contributed by atoms with Crippen molar-refractivity contribution in [3.05, 3.63) is 53.6 Å². The van der Waals surface area contributed by atoms with E-state index in [0.717, 1.165) is 22.0 Å². The standard InChI is InChI=1S/C16H17N3O2S2/c1-11-8-12(2)19-9-13(18-16(19)17-11)10-22-14-6-4-5-7-15(14)23(3,20)21/h4-9H,10H2,1-3H3. The van der Waals surface area contributed by atoms with Crippen LogP contribution in [-0.4, -0.2) is 29.0 Å². The molecule has 3 rings (SSSR count). The Hall–Kier alpha value is -1.86. The third-order valence-corrected chi connectivity index (χ3v) is 5.83. The van der Waals surface area contributed by atoms with Crippen molar-refractivity contribution in [3.8, 4) is 0 Å². The van der Waals surface area contributed by atoms with Gasteiger partial charge in [-0.15, -0.1) is 11.8 Å². The van der Waals surface area contributed by atoms with Crippen LogP contribution in [0.4, 0.5) is 0 Å². The van der Waals surface area contributed by atoms with Crippen molar-refractivity contribution in [2.24, 2.45) is 0 Å². The van der Waals surface area contributed by atoms with Crippen molar-refractivity contribution < 1.29 is 8.42 Å². The predicted molar refractivity (Wildman–Crippen MR) is 91.6 cm³/mol. The SMILES string of the molecule is Cc1cc(C)n2cc(CSc3ccccc3S(C)(=O)=O)nc2n1. The highest BCUT2D eigenvalue weighted by molar-refractivity contribution is 7.99. The number of hydrogen-bond donors (Lipinski definition) is 0. The van der Waals surface area contributed by atoms with E-state index in [1.807, 2.05) is 42.6 Å². The number of aromatic nitrogens is 3. The second-order valence-corrected chi connectivity index (χ2v) is 8.45. The number of rotatable bonds is 4. The molecule has 0 aliphatic rings. The lowest BCUT2D eigenvalue weighted by molar-refractivity contribution is 0.600. The minimum Gasteiger partial charge on any atom is -0.288 e. The molecule has 0 saturated heterocycles. The van der Waals surface area contributed by atoms with Gasteiger partial charge < -0.3 is 0 Å². The number of fused-ring (bicyclic) bond motifs is 1. The van der Waals surface area contributed by atoms with Crippen LogP contribution in [0.5, 0.6) is 0 Å². The number of aryl methyl sites for hydroxylation is 2. The maximum absolute atomic E-state index is 11.8. The third-order valence-electron chi connectivity index (χ3n) is 3.44. The van der Waals surface area contributed by atoms with Gasteiger partial charge in [-0.05, 0) is 32.0 Å². The number of nitrogens with zero attached hydrogens (tertiary/aromatic N) is 3. The molecule has 2 aromatic heterocycles. The van der Waals surface area contributed by atoms with Gasteiger partial charge in [0, 0.05) is 34.5 Å². The molecule has 0 fully saturated rings. The molecule has 120 valence electrons. The monoisotopic (exact) mass is 347 g/mol. The molecule has 7 heteroatoms. The van der Waals surface area contributed by atoms with Crippen LogP contribution in [-0.2, 0) is 15.6 Å². The van der Waals surface area contributed by atoms with Crippen LogP contribution in [0.25, 0.3) is 5.78 Å². The van der Waals surface area contributed by atoms with Crippen LogP contribution < -0.4 is 0 Å². The lowest BCUT2D eigenvalue weighted by Gasteiger charge is -2.06. The van der Waals surface area contributed by atoms with Crippen molar-refractivity contribution in [2.75, 3.05) is 6.26 Å². The zero-order valence-corrected chi connectivity index (χ0v) is 14.8. The summed E-state index contributed by atoms with van der Waals surface area (Å²) in [4.78, 5) is 10.0. The average molecular weight is 347 g/mol. The molecule has 3 aromatic rings. The fraction of sp³-hybridized carbons (Fsp3) is 0.250. The molecule has 2 heterocycles. The van der Waals surface area contributed by atoms with Gasteiger partial charge >= 0.3 is 0 Å². The van der Waals surface area contributed by atoms with E-state index in [4.69, 9.17) is 0 Å². The minimum absolute atomic E-state index is 0.360. The summed E-state index contributed by atoms with van der Waals surface area (Å²) in [5.41, 5.74) is 2.88. The second kappa shape index (κ2) is 5.98. The number of benzene rings is 1. The zero-order chi connectivity index (χ0) is 16.6. The second-order valence-electron chi connectivity index (χ2n) is 5.45. The lowest BCUT2D eigenvalue weighted by atomic mass is 10.3. The Morgan fingerprint density at radius 1 is 1.17 bits per heavy atom. The molecule has 0 spiro atoms. The summed E-state index contributed by atoms with van der Waals surface area (Å²) >= 11 is 1.47. The molecule has 0 N–H and O–H groups in total. The van der Waals surface area contributed by atoms with Gasteiger partial charge in [-0.2, -0.15) is 0 Å². The fourth-order valence-corrected chi connectivity index (χ4v) is 4.63. The Morgan fingerprint density at radius 3 is 2.65 bits per heavy atom. The van der Waals surface area contributed by atoms with Crippen molar-refractivity contribution in [1.82, 2.24) is 14.4 Å². The Balaban J connectivity index is 1.89. The maximum atomic E-state index is 11.8. The summed E-state index contributed by atoms with van der Waals surface area (Å²) in [5, 5.41) is 0. The van der Waals surface area contributed by atoms with Crippen LogP contribution in [0, 0.1) is 13.8 Å².